The molecule has 5 aromatic carbocycles. The largest absolute Gasteiger partial charge is 0.455 e. The summed E-state index contributed by atoms with van der Waals surface area (Å²) < 4.78 is 13.2. The van der Waals surface area contributed by atoms with Gasteiger partial charge in [-0.1, -0.05) is 100 Å². The molecular formula is C47H47N5O+2. The van der Waals surface area contributed by atoms with E-state index in [1.807, 2.05) is 24.1 Å². The maximum absolute atomic E-state index is 6.59. The van der Waals surface area contributed by atoms with Crippen molar-refractivity contribution in [1.82, 2.24) is 9.67 Å². The van der Waals surface area contributed by atoms with Crippen molar-refractivity contribution in [3.05, 3.63) is 150 Å². The highest BCUT2D eigenvalue weighted by molar-refractivity contribution is 6.09. The molecule has 0 bridgehead atoms. The molecule has 0 fully saturated rings. The van der Waals surface area contributed by atoms with Gasteiger partial charge in [-0.2, -0.15) is 9.47 Å². The number of nitrogens with zero attached hydrogens (tertiary/aromatic N) is 5. The number of furan rings is 1. The molecule has 3 heterocycles. The first kappa shape index (κ1) is 34.1. The topological polar surface area (TPSA) is 42.0 Å². The van der Waals surface area contributed by atoms with Crippen molar-refractivity contribution in [1.29, 1.82) is 0 Å². The van der Waals surface area contributed by atoms with E-state index in [-0.39, 0.29) is 0 Å². The predicted molar refractivity (Wildman–Crippen MR) is 216 cm³/mol. The number of benzene rings is 5. The van der Waals surface area contributed by atoms with Gasteiger partial charge >= 0.3 is 5.82 Å². The Morgan fingerprint density at radius 3 is 2.09 bits per heavy atom. The lowest BCUT2D eigenvalue weighted by Crippen LogP contribution is -2.38. The second-order valence-corrected chi connectivity index (χ2v) is 14.7. The lowest BCUT2D eigenvalue weighted by molar-refractivity contribution is -0.717. The third kappa shape index (κ3) is 5.70. The minimum atomic E-state index is 0.353. The average Bonchev–Trinajstić information content (AvgIpc) is 3.73. The van der Waals surface area contributed by atoms with E-state index in [4.69, 9.17) is 9.52 Å². The van der Waals surface area contributed by atoms with E-state index in [2.05, 4.69) is 178 Å². The molecule has 6 nitrogen and oxygen atoms in total. The summed E-state index contributed by atoms with van der Waals surface area (Å²) >= 11 is 0. The van der Waals surface area contributed by atoms with Gasteiger partial charge in [-0.05, 0) is 78.8 Å². The molecule has 8 rings (SSSR count). The first-order chi connectivity index (χ1) is 25.7. The first-order valence-electron chi connectivity index (χ1n) is 18.6. The molecule has 0 spiro atoms. The summed E-state index contributed by atoms with van der Waals surface area (Å²) in [5, 5.41) is 7.12. The van der Waals surface area contributed by atoms with Crippen LogP contribution in [0.15, 0.2) is 132 Å². The molecule has 8 aromatic rings. The molecule has 0 radical (unpaired) electrons. The Balaban J connectivity index is 1.34. The second kappa shape index (κ2) is 13.5. The van der Waals surface area contributed by atoms with Gasteiger partial charge in [0.2, 0.25) is 6.33 Å². The van der Waals surface area contributed by atoms with E-state index in [0.717, 1.165) is 72.9 Å². The summed E-state index contributed by atoms with van der Waals surface area (Å²) in [6.45, 7) is 13.5. The minimum absolute atomic E-state index is 0.353. The molecule has 264 valence electrons. The van der Waals surface area contributed by atoms with Gasteiger partial charge in [-0.25, -0.2) is 4.57 Å². The van der Waals surface area contributed by atoms with Crippen molar-refractivity contribution < 1.29 is 13.7 Å². The number of aromatic nitrogens is 4. The lowest BCUT2D eigenvalue weighted by atomic mass is 9.92. The number of hydrogen-bond donors (Lipinski definition) is 0. The number of hydrogen-bond acceptors (Lipinski definition) is 3. The number of anilines is 3. The van der Waals surface area contributed by atoms with E-state index >= 15 is 0 Å². The smallest absolute Gasteiger partial charge is 0.316 e. The third-order valence-corrected chi connectivity index (χ3v) is 10.7. The zero-order valence-electron chi connectivity index (χ0n) is 31.9. The summed E-state index contributed by atoms with van der Waals surface area (Å²) in [6.07, 6.45) is 1.98. The Kier molecular flexibility index (Phi) is 8.70. The summed E-state index contributed by atoms with van der Waals surface area (Å²) in [5.74, 6) is 2.78. The molecule has 53 heavy (non-hydrogen) atoms. The van der Waals surface area contributed by atoms with Crippen LogP contribution in [0.3, 0.4) is 0 Å². The Bertz CT molecular complexity index is 2600. The van der Waals surface area contributed by atoms with Crippen molar-refractivity contribution in [2.24, 2.45) is 14.1 Å². The van der Waals surface area contributed by atoms with Gasteiger partial charge in [0.25, 0.3) is 5.82 Å². The molecule has 0 aliphatic rings. The summed E-state index contributed by atoms with van der Waals surface area (Å²) in [5.41, 5.74) is 13.4. The molecule has 6 heteroatoms. The van der Waals surface area contributed by atoms with E-state index in [9.17, 15) is 0 Å². The van der Waals surface area contributed by atoms with E-state index in [1.54, 1.807) is 0 Å². The maximum Gasteiger partial charge on any atom is 0.316 e. The SMILES string of the molecule is Cc1ccc2c(oc3ccccc32)c1-c1cccc(N(c2ccccc2)c2cccc(-c3n(-c4c(C(C)C)cccc4C(C)C)cn[n+]3C)c2C)[n+]1C. The van der Waals surface area contributed by atoms with Crippen LogP contribution in [0.1, 0.15) is 61.8 Å². The van der Waals surface area contributed by atoms with Crippen LogP contribution in [-0.2, 0) is 14.1 Å². The zero-order valence-corrected chi connectivity index (χ0v) is 31.9. The van der Waals surface area contributed by atoms with Gasteiger partial charge in [-0.3, -0.25) is 0 Å². The molecule has 0 amide bonds. The van der Waals surface area contributed by atoms with Gasteiger partial charge in [-0.15, -0.1) is 4.68 Å². The van der Waals surface area contributed by atoms with Crippen LogP contribution < -0.4 is 14.1 Å². The lowest BCUT2D eigenvalue weighted by Gasteiger charge is -2.22. The maximum atomic E-state index is 6.59. The van der Waals surface area contributed by atoms with Gasteiger partial charge in [0.15, 0.2) is 0 Å². The molecule has 0 unspecified atom stereocenters. The Morgan fingerprint density at radius 1 is 0.679 bits per heavy atom. The van der Waals surface area contributed by atoms with Crippen molar-refractivity contribution in [2.45, 2.75) is 53.4 Å². The van der Waals surface area contributed by atoms with E-state index in [1.165, 1.54) is 16.8 Å². The summed E-state index contributed by atoms with van der Waals surface area (Å²) in [6, 6.07) is 43.2. The minimum Gasteiger partial charge on any atom is -0.455 e. The highest BCUT2D eigenvalue weighted by Crippen LogP contribution is 2.41. The average molecular weight is 698 g/mol. The van der Waals surface area contributed by atoms with Gasteiger partial charge in [0, 0.05) is 33.5 Å². The highest BCUT2D eigenvalue weighted by Gasteiger charge is 2.33. The number of fused-ring (bicyclic) bond motifs is 3. The van der Waals surface area contributed by atoms with Crippen molar-refractivity contribution in [3.63, 3.8) is 0 Å². The monoisotopic (exact) mass is 697 g/mol. The van der Waals surface area contributed by atoms with Gasteiger partial charge in [0.1, 0.15) is 41.0 Å². The predicted octanol–water partition coefficient (Wildman–Crippen LogP) is 11.1. The molecule has 0 atom stereocenters. The Hall–Kier alpha value is -6.01. The fraction of sp³-hybridized carbons (Fsp3) is 0.213. The van der Waals surface area contributed by atoms with E-state index < -0.39 is 0 Å². The van der Waals surface area contributed by atoms with Crippen LogP contribution in [0.4, 0.5) is 17.2 Å². The molecule has 0 saturated carbocycles. The van der Waals surface area contributed by atoms with E-state index in [0.29, 0.717) is 11.8 Å². The normalized spacial score (nSPS) is 11.7. The van der Waals surface area contributed by atoms with Crippen molar-refractivity contribution in [2.75, 3.05) is 4.90 Å². The van der Waals surface area contributed by atoms with Crippen LogP contribution in [0.25, 0.3) is 50.3 Å². The Labute approximate surface area is 312 Å². The molecule has 0 saturated heterocycles. The van der Waals surface area contributed by atoms with Crippen LogP contribution in [-0.4, -0.2) is 9.67 Å². The molecule has 0 aliphatic heterocycles. The van der Waals surface area contributed by atoms with Crippen molar-refractivity contribution >= 4 is 39.1 Å². The fourth-order valence-corrected chi connectivity index (χ4v) is 7.99. The van der Waals surface area contributed by atoms with Gasteiger partial charge < -0.3 is 4.42 Å². The summed E-state index contributed by atoms with van der Waals surface area (Å²) in [7, 11) is 4.20. The van der Waals surface area contributed by atoms with Crippen LogP contribution in [0, 0.1) is 13.8 Å². The fourth-order valence-electron chi connectivity index (χ4n) is 7.99. The quantitative estimate of drug-likeness (QED) is 0.148. The van der Waals surface area contributed by atoms with Crippen LogP contribution >= 0.6 is 0 Å². The van der Waals surface area contributed by atoms with Crippen LogP contribution in [0.5, 0.6) is 0 Å². The standard InChI is InChI=1S/C47H47N5O/c1-30(2)35-20-14-21-36(31(3)4)45(35)51-29-48-50(8)47(51)37-22-15-23-40(33(37)6)52(34-17-10-9-11-18-34)43-26-16-24-41(49(43)7)44-32(5)27-28-39-38-19-12-13-25-42(38)53-46(39)44/h9-31H,1-8H3/q+2. The molecule has 3 aromatic heterocycles. The highest BCUT2D eigenvalue weighted by atomic mass is 16.3. The molecule has 0 aliphatic carbocycles. The number of aryl methyl sites for hydroxylation is 2. The molecular weight excluding hydrogens is 651 g/mol. The number of pyridine rings is 1. The van der Waals surface area contributed by atoms with Crippen LogP contribution in [0.2, 0.25) is 0 Å². The number of para-hydroxylation sites is 3. The third-order valence-electron chi connectivity index (χ3n) is 10.7. The number of rotatable bonds is 8. The first-order valence-corrected chi connectivity index (χ1v) is 18.6. The van der Waals surface area contributed by atoms with Gasteiger partial charge in [0.05, 0.1) is 18.2 Å². The van der Waals surface area contributed by atoms with Crippen molar-refractivity contribution in [3.8, 4) is 28.3 Å². The Morgan fingerprint density at radius 2 is 1.36 bits per heavy atom. The summed E-state index contributed by atoms with van der Waals surface area (Å²) in [4.78, 5) is 2.37. The zero-order chi connectivity index (χ0) is 37.0. The molecule has 0 N–H and O–H groups in total. The second-order valence-electron chi connectivity index (χ2n) is 14.7.